The van der Waals surface area contributed by atoms with E-state index >= 15 is 0 Å². The van der Waals surface area contributed by atoms with Crippen molar-refractivity contribution in [1.29, 1.82) is 0 Å². The van der Waals surface area contributed by atoms with Crippen LogP contribution in [0.1, 0.15) is 38.3 Å². The molecule has 0 amide bonds. The summed E-state index contributed by atoms with van der Waals surface area (Å²) in [5.41, 5.74) is 7.11. The molecule has 0 aliphatic carbocycles. The number of hydrogen-bond donors (Lipinski definition) is 2. The molecule has 0 saturated heterocycles. The summed E-state index contributed by atoms with van der Waals surface area (Å²) >= 11 is 4.80. The van der Waals surface area contributed by atoms with Gasteiger partial charge in [-0.2, -0.15) is 0 Å². The van der Waals surface area contributed by atoms with Gasteiger partial charge in [-0.1, -0.05) is 38.1 Å². The highest BCUT2D eigenvalue weighted by atomic mass is 32.5. The van der Waals surface area contributed by atoms with E-state index in [0.29, 0.717) is 6.42 Å². The molecule has 3 nitrogen and oxygen atoms in total. The van der Waals surface area contributed by atoms with Gasteiger partial charge >= 0.3 is 0 Å². The summed E-state index contributed by atoms with van der Waals surface area (Å²) in [6, 6.07) is 8.02. The highest BCUT2D eigenvalue weighted by molar-refractivity contribution is 8.08. The Hall–Kier alpha value is -0.250. The van der Waals surface area contributed by atoms with E-state index in [0.717, 1.165) is 12.0 Å². The largest absolute Gasteiger partial charge is 0.334 e. The minimum Gasteiger partial charge on any atom is -0.334 e. The van der Waals surface area contributed by atoms with Crippen LogP contribution in [-0.4, -0.2) is 4.89 Å². The van der Waals surface area contributed by atoms with Crippen molar-refractivity contribution in [2.75, 3.05) is 0 Å². The second-order valence-corrected chi connectivity index (χ2v) is 7.13. The third kappa shape index (κ3) is 3.87. The molecule has 1 aromatic rings. The van der Waals surface area contributed by atoms with Gasteiger partial charge in [-0.3, -0.25) is 5.50 Å². The van der Waals surface area contributed by atoms with Crippen LogP contribution in [0.4, 0.5) is 0 Å². The summed E-state index contributed by atoms with van der Waals surface area (Å²) in [7, 11) is 0. The monoisotopic (exact) mass is 273 g/mol. The second kappa shape index (κ2) is 5.59. The first-order valence-corrected chi connectivity index (χ1v) is 8.47. The van der Waals surface area contributed by atoms with Crippen molar-refractivity contribution in [1.82, 2.24) is 0 Å². The molecule has 0 aliphatic rings. The zero-order chi connectivity index (χ0) is 13.1. The lowest BCUT2D eigenvalue weighted by Crippen LogP contribution is -2.26. The topological polar surface area (TPSA) is 55.5 Å². The molecule has 0 spiro atoms. The first-order chi connectivity index (χ1) is 7.82. The number of hydrogen-bond acceptors (Lipinski definition) is 2. The molecule has 1 aromatic carbocycles. The average molecular weight is 273 g/mol. The summed E-state index contributed by atoms with van der Waals surface area (Å²) < 4.78 is 5.56. The minimum atomic E-state index is -3.17. The predicted octanol–water partition coefficient (Wildman–Crippen LogP) is 3.07. The summed E-state index contributed by atoms with van der Waals surface area (Å²) in [4.78, 5) is 9.59. The molecule has 0 radical (unpaired) electrons. The molecule has 1 rings (SSSR count). The Morgan fingerprint density at radius 2 is 2.00 bits per heavy atom. The van der Waals surface area contributed by atoms with Gasteiger partial charge in [0, 0.05) is 0 Å². The fourth-order valence-corrected chi connectivity index (χ4v) is 3.24. The zero-order valence-corrected chi connectivity index (χ0v) is 12.2. The molecule has 0 bridgehead atoms. The van der Waals surface area contributed by atoms with Crippen LogP contribution in [0, 0.1) is 0 Å². The fourth-order valence-electron chi connectivity index (χ4n) is 1.94. The van der Waals surface area contributed by atoms with Gasteiger partial charge in [0.2, 0.25) is 0 Å². The van der Waals surface area contributed by atoms with Crippen molar-refractivity contribution < 1.29 is 9.42 Å². The molecule has 0 aliphatic heterocycles. The fraction of sp³-hybridized carbons (Fsp3) is 0.500. The van der Waals surface area contributed by atoms with E-state index < -0.39 is 12.2 Å². The Kier molecular flexibility index (Phi) is 4.87. The summed E-state index contributed by atoms with van der Waals surface area (Å²) in [6.07, 6.45) is 1.62. The molecule has 3 N–H and O–H groups in total. The lowest BCUT2D eigenvalue weighted by atomic mass is 9.88. The first kappa shape index (κ1) is 14.8. The van der Waals surface area contributed by atoms with E-state index in [1.807, 2.05) is 32.0 Å². The maximum absolute atomic E-state index is 9.59. The van der Waals surface area contributed by atoms with Gasteiger partial charge in [-0.25, -0.2) is 0 Å². The quantitative estimate of drug-likeness (QED) is 0.810. The summed E-state index contributed by atoms with van der Waals surface area (Å²) in [5.74, 6) is 0. The zero-order valence-electron chi connectivity index (χ0n) is 10.5. The highest BCUT2D eigenvalue weighted by Crippen LogP contribution is 2.45. The smallest absolute Gasteiger partial charge is 0.256 e. The number of nitrogens with two attached hydrogens (primary N) is 1. The van der Waals surface area contributed by atoms with E-state index in [9.17, 15) is 4.89 Å². The predicted molar refractivity (Wildman–Crippen MR) is 75.2 cm³/mol. The highest BCUT2D eigenvalue weighted by Gasteiger charge is 2.31. The van der Waals surface area contributed by atoms with E-state index in [1.54, 1.807) is 0 Å². The molecule has 2 atom stereocenters. The molecule has 17 heavy (non-hydrogen) atoms. The third-order valence-electron chi connectivity index (χ3n) is 2.97. The van der Waals surface area contributed by atoms with Crippen molar-refractivity contribution >= 4 is 18.4 Å². The minimum absolute atomic E-state index is 0.619. The van der Waals surface area contributed by atoms with Crippen molar-refractivity contribution in [3.05, 3.63) is 35.4 Å². The van der Waals surface area contributed by atoms with Crippen LogP contribution in [0.2, 0.25) is 0 Å². The Morgan fingerprint density at radius 3 is 2.47 bits per heavy atom. The Morgan fingerprint density at radius 1 is 1.41 bits per heavy atom. The molecule has 0 saturated carbocycles. The van der Waals surface area contributed by atoms with Crippen molar-refractivity contribution in [3.63, 3.8) is 0 Å². The van der Waals surface area contributed by atoms with Gasteiger partial charge in [0.25, 0.3) is 6.64 Å². The van der Waals surface area contributed by atoms with Crippen LogP contribution in [0.15, 0.2) is 24.3 Å². The van der Waals surface area contributed by atoms with Gasteiger partial charge in [0.05, 0.1) is 5.60 Å². The van der Waals surface area contributed by atoms with Crippen LogP contribution in [-0.2, 0) is 28.4 Å². The standard InChI is InChI=1S/C12H20NO2PS/c1-4-10-8-6-7-9-11(10)12(3,5-2)15-16(13,14)17/h6-9H,4-5H2,1-3H3,(H3,13,14,17). The lowest BCUT2D eigenvalue weighted by Gasteiger charge is -2.33. The first-order valence-electron chi connectivity index (χ1n) is 5.73. The molecule has 96 valence electrons. The van der Waals surface area contributed by atoms with Crippen molar-refractivity contribution in [2.24, 2.45) is 5.50 Å². The third-order valence-corrected chi connectivity index (χ3v) is 3.86. The molecular weight excluding hydrogens is 253 g/mol. The Balaban J connectivity index is 3.20. The van der Waals surface area contributed by atoms with Crippen molar-refractivity contribution in [3.8, 4) is 0 Å². The number of aryl methyl sites for hydroxylation is 1. The molecule has 2 unspecified atom stereocenters. The second-order valence-electron chi connectivity index (χ2n) is 4.25. The molecule has 5 heteroatoms. The maximum atomic E-state index is 9.59. The normalized spacial score (nSPS) is 18.4. The van der Waals surface area contributed by atoms with Gasteiger partial charge in [-0.15, -0.1) is 0 Å². The Labute approximate surface area is 108 Å². The van der Waals surface area contributed by atoms with E-state index in [-0.39, 0.29) is 0 Å². The van der Waals surface area contributed by atoms with Crippen LogP contribution in [0.3, 0.4) is 0 Å². The van der Waals surface area contributed by atoms with E-state index in [4.69, 9.17) is 21.8 Å². The molecular formula is C12H20NO2PS. The molecule has 0 aromatic heterocycles. The van der Waals surface area contributed by atoms with Gasteiger partial charge in [0.1, 0.15) is 0 Å². The van der Waals surface area contributed by atoms with Gasteiger partial charge in [-0.05, 0) is 42.7 Å². The van der Waals surface area contributed by atoms with E-state index in [1.165, 1.54) is 5.56 Å². The van der Waals surface area contributed by atoms with Gasteiger partial charge in [0.15, 0.2) is 0 Å². The van der Waals surface area contributed by atoms with Crippen LogP contribution in [0.5, 0.6) is 0 Å². The Bertz CT molecular complexity index is 432. The maximum Gasteiger partial charge on any atom is 0.256 e. The lowest BCUT2D eigenvalue weighted by molar-refractivity contribution is 0.0827. The van der Waals surface area contributed by atoms with Crippen LogP contribution in [0.25, 0.3) is 0 Å². The SMILES string of the molecule is CCc1ccccc1C(C)(CC)OP(N)(O)=S. The number of rotatable bonds is 5. The van der Waals surface area contributed by atoms with Gasteiger partial charge < -0.3 is 9.42 Å². The molecule has 0 heterocycles. The summed E-state index contributed by atoms with van der Waals surface area (Å²) in [6.45, 7) is 2.84. The molecule has 0 fully saturated rings. The number of benzene rings is 1. The van der Waals surface area contributed by atoms with E-state index in [2.05, 4.69) is 13.0 Å². The summed E-state index contributed by atoms with van der Waals surface area (Å²) in [5, 5.41) is 0. The van der Waals surface area contributed by atoms with Crippen molar-refractivity contribution in [2.45, 2.75) is 39.2 Å². The average Bonchev–Trinajstić information content (AvgIpc) is 2.26. The van der Waals surface area contributed by atoms with Crippen LogP contribution >= 0.6 is 6.64 Å². The van der Waals surface area contributed by atoms with Crippen LogP contribution < -0.4 is 5.50 Å².